The molecular weight excluding hydrogens is 410 g/mol. The molecule has 4 rings (SSSR count). The topological polar surface area (TPSA) is 81.1 Å². The van der Waals surface area contributed by atoms with Crippen LogP contribution >= 0.6 is 0 Å². The highest BCUT2D eigenvalue weighted by atomic mass is 32.2. The molecule has 0 saturated heterocycles. The Morgan fingerprint density at radius 2 is 1.74 bits per heavy atom. The quantitative estimate of drug-likeness (QED) is 0.650. The first-order valence-electron chi connectivity index (χ1n) is 10.6. The Hall–Kier alpha value is -2.93. The van der Waals surface area contributed by atoms with Crippen LogP contribution in [0.2, 0.25) is 0 Å². The van der Waals surface area contributed by atoms with Crippen molar-refractivity contribution in [1.82, 2.24) is 14.9 Å². The van der Waals surface area contributed by atoms with Crippen molar-refractivity contribution >= 4 is 15.7 Å². The van der Waals surface area contributed by atoms with E-state index >= 15 is 0 Å². The molecule has 7 heteroatoms. The SMILES string of the molecule is CC(NC(=O)c1nc(-c2ccccc2)n2c1CCCCC2)c1ccc(S(C)(=O)=O)cc1. The molecule has 1 aromatic heterocycles. The molecule has 1 unspecified atom stereocenters. The minimum Gasteiger partial charge on any atom is -0.344 e. The van der Waals surface area contributed by atoms with Crippen LogP contribution in [0.5, 0.6) is 0 Å². The minimum absolute atomic E-state index is 0.201. The van der Waals surface area contributed by atoms with E-state index in [-0.39, 0.29) is 16.8 Å². The maximum Gasteiger partial charge on any atom is 0.272 e. The highest BCUT2D eigenvalue weighted by molar-refractivity contribution is 7.90. The number of amides is 1. The van der Waals surface area contributed by atoms with Gasteiger partial charge in [-0.3, -0.25) is 4.79 Å². The van der Waals surface area contributed by atoms with Gasteiger partial charge in [0.2, 0.25) is 0 Å². The molecule has 0 aliphatic carbocycles. The van der Waals surface area contributed by atoms with Crippen molar-refractivity contribution in [1.29, 1.82) is 0 Å². The summed E-state index contributed by atoms with van der Waals surface area (Å²) in [6, 6.07) is 16.3. The number of carbonyl (C=O) groups is 1. The van der Waals surface area contributed by atoms with Crippen LogP contribution in [0.3, 0.4) is 0 Å². The second-order valence-electron chi connectivity index (χ2n) is 8.10. The third-order valence-electron chi connectivity index (χ3n) is 5.77. The standard InChI is InChI=1S/C24H27N3O3S/c1-17(18-12-14-20(15-13-18)31(2,29)30)25-24(28)22-21-11-7-4-8-16-27(21)23(26-22)19-9-5-3-6-10-19/h3,5-6,9-10,12-15,17H,4,7-8,11,16H2,1-2H3,(H,25,28). The Balaban J connectivity index is 1.62. The van der Waals surface area contributed by atoms with Gasteiger partial charge in [-0.2, -0.15) is 0 Å². The zero-order valence-electron chi connectivity index (χ0n) is 17.8. The molecule has 1 aliphatic rings. The van der Waals surface area contributed by atoms with E-state index in [2.05, 4.69) is 9.88 Å². The van der Waals surface area contributed by atoms with E-state index in [1.54, 1.807) is 24.3 Å². The van der Waals surface area contributed by atoms with Gasteiger partial charge in [0.05, 0.1) is 16.6 Å². The van der Waals surface area contributed by atoms with Crippen molar-refractivity contribution in [2.24, 2.45) is 0 Å². The minimum atomic E-state index is -3.25. The van der Waals surface area contributed by atoms with Crippen LogP contribution in [-0.4, -0.2) is 30.1 Å². The van der Waals surface area contributed by atoms with Crippen LogP contribution in [-0.2, 0) is 22.8 Å². The lowest BCUT2D eigenvalue weighted by atomic mass is 10.1. The van der Waals surface area contributed by atoms with E-state index < -0.39 is 9.84 Å². The van der Waals surface area contributed by atoms with Crippen molar-refractivity contribution in [2.45, 2.75) is 50.1 Å². The number of fused-ring (bicyclic) bond motifs is 1. The largest absolute Gasteiger partial charge is 0.344 e. The smallest absolute Gasteiger partial charge is 0.272 e. The Bertz CT molecular complexity index is 1180. The van der Waals surface area contributed by atoms with Crippen molar-refractivity contribution in [3.63, 3.8) is 0 Å². The Morgan fingerprint density at radius 3 is 2.42 bits per heavy atom. The molecule has 0 spiro atoms. The number of nitrogens with one attached hydrogen (secondary N) is 1. The van der Waals surface area contributed by atoms with Crippen LogP contribution in [0.4, 0.5) is 0 Å². The zero-order valence-corrected chi connectivity index (χ0v) is 18.7. The third-order valence-corrected chi connectivity index (χ3v) is 6.90. The van der Waals surface area contributed by atoms with Gasteiger partial charge in [0.1, 0.15) is 11.5 Å². The fourth-order valence-corrected chi connectivity index (χ4v) is 4.69. The lowest BCUT2D eigenvalue weighted by molar-refractivity contribution is 0.0934. The number of sulfone groups is 1. The van der Waals surface area contributed by atoms with E-state index in [0.717, 1.165) is 54.9 Å². The highest BCUT2D eigenvalue weighted by Crippen LogP contribution is 2.27. The van der Waals surface area contributed by atoms with Crippen LogP contribution in [0.25, 0.3) is 11.4 Å². The summed E-state index contributed by atoms with van der Waals surface area (Å²) in [4.78, 5) is 18.2. The first-order valence-corrected chi connectivity index (χ1v) is 12.5. The van der Waals surface area contributed by atoms with E-state index in [0.29, 0.717) is 5.69 Å². The Morgan fingerprint density at radius 1 is 1.03 bits per heavy atom. The molecule has 3 aromatic rings. The molecule has 2 aromatic carbocycles. The summed E-state index contributed by atoms with van der Waals surface area (Å²) < 4.78 is 25.6. The molecule has 2 heterocycles. The predicted molar refractivity (Wildman–Crippen MR) is 121 cm³/mol. The molecule has 0 bridgehead atoms. The highest BCUT2D eigenvalue weighted by Gasteiger charge is 2.25. The molecule has 0 fully saturated rings. The monoisotopic (exact) mass is 437 g/mol. The van der Waals surface area contributed by atoms with Gasteiger partial charge in [-0.1, -0.05) is 48.9 Å². The maximum atomic E-state index is 13.2. The van der Waals surface area contributed by atoms with E-state index in [1.807, 2.05) is 37.3 Å². The lowest BCUT2D eigenvalue weighted by Gasteiger charge is -2.15. The Labute approximate surface area is 183 Å². The molecular formula is C24H27N3O3S. The molecule has 6 nitrogen and oxygen atoms in total. The fourth-order valence-electron chi connectivity index (χ4n) is 4.06. The van der Waals surface area contributed by atoms with Crippen molar-refractivity contribution < 1.29 is 13.2 Å². The average molecular weight is 438 g/mol. The van der Waals surface area contributed by atoms with Gasteiger partial charge < -0.3 is 9.88 Å². The number of benzene rings is 2. The second-order valence-corrected chi connectivity index (χ2v) is 10.1. The maximum absolute atomic E-state index is 13.2. The molecule has 31 heavy (non-hydrogen) atoms. The number of nitrogens with zero attached hydrogens (tertiary/aromatic N) is 2. The van der Waals surface area contributed by atoms with Crippen LogP contribution < -0.4 is 5.32 Å². The van der Waals surface area contributed by atoms with E-state index in [9.17, 15) is 13.2 Å². The van der Waals surface area contributed by atoms with Gasteiger partial charge in [0.15, 0.2) is 9.84 Å². The van der Waals surface area contributed by atoms with Gasteiger partial charge in [-0.25, -0.2) is 13.4 Å². The second kappa shape index (κ2) is 8.67. The van der Waals surface area contributed by atoms with Crippen molar-refractivity contribution in [3.05, 3.63) is 71.5 Å². The van der Waals surface area contributed by atoms with Gasteiger partial charge in [0.25, 0.3) is 5.91 Å². The van der Waals surface area contributed by atoms with Crippen molar-refractivity contribution in [2.75, 3.05) is 6.26 Å². The van der Waals surface area contributed by atoms with Gasteiger partial charge in [-0.05, 0) is 43.9 Å². The molecule has 0 radical (unpaired) electrons. The predicted octanol–water partition coefficient (Wildman–Crippen LogP) is 4.17. The zero-order chi connectivity index (χ0) is 22.0. The van der Waals surface area contributed by atoms with Gasteiger partial charge in [-0.15, -0.1) is 0 Å². The number of rotatable bonds is 5. The molecule has 162 valence electrons. The summed E-state index contributed by atoms with van der Waals surface area (Å²) >= 11 is 0. The van der Waals surface area contributed by atoms with E-state index in [1.165, 1.54) is 6.26 Å². The molecule has 1 aliphatic heterocycles. The Kier molecular flexibility index (Phi) is 5.96. The first-order chi connectivity index (χ1) is 14.8. The van der Waals surface area contributed by atoms with Crippen LogP contribution in [0.1, 0.15) is 54.0 Å². The number of aromatic nitrogens is 2. The van der Waals surface area contributed by atoms with Crippen LogP contribution in [0.15, 0.2) is 59.5 Å². The number of hydrogen-bond donors (Lipinski definition) is 1. The summed E-state index contributed by atoms with van der Waals surface area (Å²) in [7, 11) is -3.25. The summed E-state index contributed by atoms with van der Waals surface area (Å²) in [5.41, 5.74) is 3.33. The summed E-state index contributed by atoms with van der Waals surface area (Å²) in [6.45, 7) is 2.75. The molecule has 0 saturated carbocycles. The van der Waals surface area contributed by atoms with Crippen LogP contribution in [0, 0.1) is 0 Å². The normalized spacial score (nSPS) is 15.0. The average Bonchev–Trinajstić information content (AvgIpc) is 2.95. The summed E-state index contributed by atoms with van der Waals surface area (Å²) in [5, 5.41) is 3.04. The summed E-state index contributed by atoms with van der Waals surface area (Å²) in [5.74, 6) is 0.639. The van der Waals surface area contributed by atoms with Gasteiger partial charge >= 0.3 is 0 Å². The lowest BCUT2D eigenvalue weighted by Crippen LogP contribution is -2.28. The number of carbonyl (C=O) groups excluding carboxylic acids is 1. The number of hydrogen-bond acceptors (Lipinski definition) is 4. The van der Waals surface area contributed by atoms with Crippen molar-refractivity contribution in [3.8, 4) is 11.4 Å². The summed E-state index contributed by atoms with van der Waals surface area (Å²) in [6.07, 6.45) is 5.28. The molecule has 1 N–H and O–H groups in total. The van der Waals surface area contributed by atoms with Gasteiger partial charge in [0, 0.05) is 18.4 Å². The fraction of sp³-hybridized carbons (Fsp3) is 0.333. The molecule has 1 amide bonds. The molecule has 1 atom stereocenters. The van der Waals surface area contributed by atoms with E-state index in [4.69, 9.17) is 4.98 Å². The third kappa shape index (κ3) is 4.56. The number of imidazole rings is 1. The first kappa shape index (κ1) is 21.3.